The van der Waals surface area contributed by atoms with Gasteiger partial charge >= 0.3 is 0 Å². The van der Waals surface area contributed by atoms with Crippen LogP contribution in [0.25, 0.3) is 0 Å². The molecule has 18 heavy (non-hydrogen) atoms. The van der Waals surface area contributed by atoms with E-state index in [0.717, 1.165) is 38.5 Å². The maximum Gasteiger partial charge on any atom is 0.223 e. The van der Waals surface area contributed by atoms with Gasteiger partial charge in [-0.05, 0) is 44.4 Å². The number of nitrogens with zero attached hydrogens (tertiary/aromatic N) is 1. The number of nitrogens with two attached hydrogens (primary N) is 1. The summed E-state index contributed by atoms with van der Waals surface area (Å²) in [5.41, 5.74) is 6.05. The lowest BCUT2D eigenvalue weighted by atomic mass is 9.95. The van der Waals surface area contributed by atoms with Crippen LogP contribution < -0.4 is 5.73 Å². The Morgan fingerprint density at radius 1 is 1.17 bits per heavy atom. The third-order valence-electron chi connectivity index (χ3n) is 5.15. The Kier molecular flexibility index (Phi) is 3.32. The maximum atomic E-state index is 12.5. The largest absolute Gasteiger partial charge is 0.393 e. The molecule has 3 fully saturated rings. The van der Waals surface area contributed by atoms with Crippen LogP contribution in [0.2, 0.25) is 0 Å². The summed E-state index contributed by atoms with van der Waals surface area (Å²) < 4.78 is 0. The second-order valence-electron chi connectivity index (χ2n) is 6.37. The first kappa shape index (κ1) is 12.4. The SMILES string of the molecule is N[C@@H]1CCC[C@H]1CC(=O)N1C2CCC1CC(O)C2. The van der Waals surface area contributed by atoms with Crippen LogP contribution in [-0.4, -0.2) is 40.1 Å². The van der Waals surface area contributed by atoms with Crippen molar-refractivity contribution in [2.45, 2.75) is 75.6 Å². The summed E-state index contributed by atoms with van der Waals surface area (Å²) in [5.74, 6) is 0.681. The minimum atomic E-state index is -0.194. The molecule has 2 bridgehead atoms. The van der Waals surface area contributed by atoms with E-state index in [4.69, 9.17) is 5.73 Å². The van der Waals surface area contributed by atoms with Gasteiger partial charge in [0.2, 0.25) is 5.91 Å². The van der Waals surface area contributed by atoms with Gasteiger partial charge in [0.15, 0.2) is 0 Å². The van der Waals surface area contributed by atoms with Crippen molar-refractivity contribution in [2.24, 2.45) is 11.7 Å². The van der Waals surface area contributed by atoms with Crippen LogP contribution in [0.3, 0.4) is 0 Å². The summed E-state index contributed by atoms with van der Waals surface area (Å²) in [7, 11) is 0. The molecular formula is C14H24N2O2. The van der Waals surface area contributed by atoms with Crippen molar-refractivity contribution in [1.82, 2.24) is 4.90 Å². The Hall–Kier alpha value is -0.610. The fourth-order valence-corrected chi connectivity index (χ4v) is 4.20. The molecule has 1 aliphatic carbocycles. The fraction of sp³-hybridized carbons (Fsp3) is 0.929. The molecule has 0 aromatic carbocycles. The normalized spacial score (nSPS) is 43.4. The average Bonchev–Trinajstić information content (AvgIpc) is 2.82. The molecular weight excluding hydrogens is 228 g/mol. The zero-order chi connectivity index (χ0) is 12.7. The Balaban J connectivity index is 1.63. The van der Waals surface area contributed by atoms with Crippen LogP contribution in [0.5, 0.6) is 0 Å². The zero-order valence-corrected chi connectivity index (χ0v) is 10.9. The van der Waals surface area contributed by atoms with E-state index in [9.17, 15) is 9.90 Å². The topological polar surface area (TPSA) is 66.6 Å². The van der Waals surface area contributed by atoms with Gasteiger partial charge in [-0.3, -0.25) is 4.79 Å². The predicted octanol–water partition coefficient (Wildman–Crippen LogP) is 1.02. The van der Waals surface area contributed by atoms with Crippen LogP contribution in [0.15, 0.2) is 0 Å². The van der Waals surface area contributed by atoms with Crippen molar-refractivity contribution in [1.29, 1.82) is 0 Å². The Bertz CT molecular complexity index is 320. The van der Waals surface area contributed by atoms with E-state index in [-0.39, 0.29) is 18.1 Å². The molecule has 0 radical (unpaired) electrons. The van der Waals surface area contributed by atoms with Gasteiger partial charge in [0.1, 0.15) is 0 Å². The van der Waals surface area contributed by atoms with Crippen molar-refractivity contribution in [3.8, 4) is 0 Å². The zero-order valence-electron chi connectivity index (χ0n) is 10.9. The van der Waals surface area contributed by atoms with E-state index in [0.29, 0.717) is 24.4 Å². The van der Waals surface area contributed by atoms with Gasteiger partial charge in [-0.1, -0.05) is 6.42 Å². The highest BCUT2D eigenvalue weighted by Crippen LogP contribution is 2.37. The summed E-state index contributed by atoms with van der Waals surface area (Å²) in [6.07, 6.45) is 7.49. The lowest BCUT2D eigenvalue weighted by Gasteiger charge is -2.38. The molecule has 2 heterocycles. The molecule has 2 unspecified atom stereocenters. The molecule has 1 amide bonds. The first-order valence-electron chi connectivity index (χ1n) is 7.40. The minimum Gasteiger partial charge on any atom is -0.393 e. The molecule has 4 heteroatoms. The second kappa shape index (κ2) is 4.82. The lowest BCUT2D eigenvalue weighted by Crippen LogP contribution is -2.48. The summed E-state index contributed by atoms with van der Waals surface area (Å²) in [6.45, 7) is 0. The van der Waals surface area contributed by atoms with Crippen LogP contribution >= 0.6 is 0 Å². The van der Waals surface area contributed by atoms with Crippen molar-refractivity contribution in [2.75, 3.05) is 0 Å². The summed E-state index contributed by atoms with van der Waals surface area (Å²) in [5, 5.41) is 9.76. The minimum absolute atomic E-state index is 0.194. The van der Waals surface area contributed by atoms with E-state index >= 15 is 0 Å². The van der Waals surface area contributed by atoms with E-state index in [2.05, 4.69) is 4.90 Å². The van der Waals surface area contributed by atoms with E-state index in [1.54, 1.807) is 0 Å². The number of aliphatic hydroxyl groups is 1. The standard InChI is InChI=1S/C14H24N2O2/c15-13-3-1-2-9(13)6-14(18)16-10-4-5-11(16)8-12(17)7-10/h9-13,17H,1-8,15H2/t9-,10?,11?,12?,13+/m0/s1. The molecule has 3 rings (SSSR count). The van der Waals surface area contributed by atoms with Gasteiger partial charge in [-0.15, -0.1) is 0 Å². The third kappa shape index (κ3) is 2.16. The fourth-order valence-electron chi connectivity index (χ4n) is 4.20. The van der Waals surface area contributed by atoms with Crippen molar-refractivity contribution >= 4 is 5.91 Å². The number of fused-ring (bicyclic) bond motifs is 2. The van der Waals surface area contributed by atoms with Crippen LogP contribution in [0.1, 0.15) is 51.4 Å². The molecule has 0 aromatic rings. The number of hydrogen-bond donors (Lipinski definition) is 2. The Morgan fingerprint density at radius 2 is 1.83 bits per heavy atom. The molecule has 2 aliphatic heterocycles. The number of aliphatic hydroxyl groups excluding tert-OH is 1. The van der Waals surface area contributed by atoms with Crippen LogP contribution in [-0.2, 0) is 4.79 Å². The van der Waals surface area contributed by atoms with Crippen molar-refractivity contribution in [3.05, 3.63) is 0 Å². The quantitative estimate of drug-likeness (QED) is 0.771. The van der Waals surface area contributed by atoms with E-state index in [1.165, 1.54) is 6.42 Å². The molecule has 0 aromatic heterocycles. The molecule has 0 spiro atoms. The van der Waals surface area contributed by atoms with Crippen LogP contribution in [0, 0.1) is 5.92 Å². The monoisotopic (exact) mass is 252 g/mol. The van der Waals surface area contributed by atoms with Crippen molar-refractivity contribution < 1.29 is 9.90 Å². The van der Waals surface area contributed by atoms with Gasteiger partial charge in [0.05, 0.1) is 6.10 Å². The molecule has 3 N–H and O–H groups in total. The van der Waals surface area contributed by atoms with Gasteiger partial charge in [0, 0.05) is 24.5 Å². The van der Waals surface area contributed by atoms with E-state index in [1.807, 2.05) is 0 Å². The van der Waals surface area contributed by atoms with Gasteiger partial charge in [0.25, 0.3) is 0 Å². The molecule has 1 saturated carbocycles. The van der Waals surface area contributed by atoms with Gasteiger partial charge in [-0.2, -0.15) is 0 Å². The number of piperidine rings is 1. The highest BCUT2D eigenvalue weighted by molar-refractivity contribution is 5.77. The molecule has 4 atom stereocenters. The first-order valence-corrected chi connectivity index (χ1v) is 7.40. The Labute approximate surface area is 109 Å². The summed E-state index contributed by atoms with van der Waals surface area (Å²) >= 11 is 0. The number of carbonyl (C=O) groups is 1. The smallest absolute Gasteiger partial charge is 0.223 e. The molecule has 3 aliphatic rings. The van der Waals surface area contributed by atoms with E-state index < -0.39 is 0 Å². The first-order chi connectivity index (χ1) is 8.65. The highest BCUT2D eigenvalue weighted by atomic mass is 16.3. The molecule has 4 nitrogen and oxygen atoms in total. The average molecular weight is 252 g/mol. The third-order valence-corrected chi connectivity index (χ3v) is 5.15. The molecule has 102 valence electrons. The van der Waals surface area contributed by atoms with Crippen molar-refractivity contribution in [3.63, 3.8) is 0 Å². The number of rotatable bonds is 2. The second-order valence-corrected chi connectivity index (χ2v) is 6.37. The highest BCUT2D eigenvalue weighted by Gasteiger charge is 2.43. The lowest BCUT2D eigenvalue weighted by molar-refractivity contribution is -0.138. The predicted molar refractivity (Wildman–Crippen MR) is 68.8 cm³/mol. The van der Waals surface area contributed by atoms with Gasteiger partial charge in [-0.25, -0.2) is 0 Å². The summed E-state index contributed by atoms with van der Waals surface area (Å²) in [6, 6.07) is 0.815. The maximum absolute atomic E-state index is 12.5. The molecule has 2 saturated heterocycles. The number of amides is 1. The Morgan fingerprint density at radius 3 is 2.39 bits per heavy atom. The van der Waals surface area contributed by atoms with Crippen LogP contribution in [0.4, 0.5) is 0 Å². The number of carbonyl (C=O) groups excluding carboxylic acids is 1. The summed E-state index contributed by atoms with van der Waals surface area (Å²) in [4.78, 5) is 14.5. The number of hydrogen-bond acceptors (Lipinski definition) is 3. The van der Waals surface area contributed by atoms with Gasteiger partial charge < -0.3 is 15.7 Å².